The summed E-state index contributed by atoms with van der Waals surface area (Å²) < 4.78 is 2.28. The SMILES string of the molecule is Cc1cccc2c(CCCN3CCNCC3)cn(C)c12. The molecule has 0 amide bonds. The van der Waals surface area contributed by atoms with E-state index in [1.54, 1.807) is 0 Å². The Hall–Kier alpha value is -1.32. The molecule has 20 heavy (non-hydrogen) atoms. The lowest BCUT2D eigenvalue weighted by Gasteiger charge is -2.26. The second-order valence-electron chi connectivity index (χ2n) is 5.93. The van der Waals surface area contributed by atoms with Crippen molar-refractivity contribution in [2.45, 2.75) is 19.8 Å². The van der Waals surface area contributed by atoms with Crippen LogP contribution < -0.4 is 5.32 Å². The minimum atomic E-state index is 1.15. The maximum atomic E-state index is 3.41. The highest BCUT2D eigenvalue weighted by Gasteiger charge is 2.11. The molecule has 3 nitrogen and oxygen atoms in total. The molecule has 0 radical (unpaired) electrons. The van der Waals surface area contributed by atoms with Gasteiger partial charge in [0, 0.05) is 44.8 Å². The number of fused-ring (bicyclic) bond motifs is 1. The van der Waals surface area contributed by atoms with E-state index in [1.165, 1.54) is 54.5 Å². The van der Waals surface area contributed by atoms with Crippen molar-refractivity contribution in [3.05, 3.63) is 35.5 Å². The van der Waals surface area contributed by atoms with Gasteiger partial charge in [0.25, 0.3) is 0 Å². The van der Waals surface area contributed by atoms with Gasteiger partial charge >= 0.3 is 0 Å². The zero-order chi connectivity index (χ0) is 13.9. The molecule has 0 aliphatic carbocycles. The van der Waals surface area contributed by atoms with Gasteiger partial charge in [-0.2, -0.15) is 0 Å². The average Bonchev–Trinajstić information content (AvgIpc) is 2.78. The van der Waals surface area contributed by atoms with E-state index in [-0.39, 0.29) is 0 Å². The Morgan fingerprint density at radius 3 is 2.80 bits per heavy atom. The third kappa shape index (κ3) is 2.74. The van der Waals surface area contributed by atoms with Crippen LogP contribution in [0.3, 0.4) is 0 Å². The molecule has 1 aliphatic heterocycles. The van der Waals surface area contributed by atoms with E-state index in [0.717, 1.165) is 13.1 Å². The molecule has 1 aromatic heterocycles. The number of benzene rings is 1. The largest absolute Gasteiger partial charge is 0.350 e. The Balaban J connectivity index is 1.67. The summed E-state index contributed by atoms with van der Waals surface area (Å²) in [6, 6.07) is 6.65. The molecule has 1 saturated heterocycles. The molecule has 1 aliphatic rings. The van der Waals surface area contributed by atoms with Crippen LogP contribution in [0, 0.1) is 6.92 Å². The first-order valence-corrected chi connectivity index (χ1v) is 7.72. The van der Waals surface area contributed by atoms with Crippen LogP contribution in [-0.2, 0) is 13.5 Å². The standard InChI is InChI=1S/C17H25N3/c1-14-5-3-7-16-15(13-19(2)17(14)16)6-4-10-20-11-8-18-9-12-20/h3,5,7,13,18H,4,6,8-12H2,1-2H3. The van der Waals surface area contributed by atoms with E-state index >= 15 is 0 Å². The van der Waals surface area contributed by atoms with Crippen LogP contribution in [0.4, 0.5) is 0 Å². The summed E-state index contributed by atoms with van der Waals surface area (Å²) in [7, 11) is 2.16. The van der Waals surface area contributed by atoms with Crippen molar-refractivity contribution in [1.29, 1.82) is 0 Å². The molecule has 0 atom stereocenters. The minimum absolute atomic E-state index is 1.15. The number of hydrogen-bond donors (Lipinski definition) is 1. The molecule has 1 fully saturated rings. The van der Waals surface area contributed by atoms with Crippen molar-refractivity contribution in [3.63, 3.8) is 0 Å². The molecule has 2 aromatic rings. The lowest BCUT2D eigenvalue weighted by molar-refractivity contribution is 0.238. The summed E-state index contributed by atoms with van der Waals surface area (Å²) in [5, 5.41) is 4.85. The number of aryl methyl sites for hydroxylation is 3. The predicted molar refractivity (Wildman–Crippen MR) is 85.3 cm³/mol. The summed E-state index contributed by atoms with van der Waals surface area (Å²) in [6.45, 7) is 8.13. The van der Waals surface area contributed by atoms with E-state index < -0.39 is 0 Å². The third-order valence-electron chi connectivity index (χ3n) is 4.42. The van der Waals surface area contributed by atoms with Gasteiger partial charge < -0.3 is 14.8 Å². The van der Waals surface area contributed by atoms with Crippen LogP contribution in [0.15, 0.2) is 24.4 Å². The van der Waals surface area contributed by atoms with Crippen LogP contribution in [0.25, 0.3) is 10.9 Å². The van der Waals surface area contributed by atoms with Gasteiger partial charge in [-0.1, -0.05) is 18.2 Å². The van der Waals surface area contributed by atoms with Crippen LogP contribution in [0.2, 0.25) is 0 Å². The highest BCUT2D eigenvalue weighted by molar-refractivity contribution is 5.86. The molecule has 108 valence electrons. The van der Waals surface area contributed by atoms with Crippen LogP contribution >= 0.6 is 0 Å². The topological polar surface area (TPSA) is 20.2 Å². The zero-order valence-electron chi connectivity index (χ0n) is 12.7. The normalized spacial score (nSPS) is 16.9. The first kappa shape index (κ1) is 13.7. The van der Waals surface area contributed by atoms with Gasteiger partial charge in [0.05, 0.1) is 5.52 Å². The average molecular weight is 271 g/mol. The Kier molecular flexibility index (Phi) is 4.08. The van der Waals surface area contributed by atoms with Crippen molar-refractivity contribution in [2.24, 2.45) is 7.05 Å². The van der Waals surface area contributed by atoms with Crippen molar-refractivity contribution in [1.82, 2.24) is 14.8 Å². The monoisotopic (exact) mass is 271 g/mol. The summed E-state index contributed by atoms with van der Waals surface area (Å²) in [6.07, 6.45) is 4.76. The Labute approximate surface area is 121 Å². The minimum Gasteiger partial charge on any atom is -0.350 e. The van der Waals surface area contributed by atoms with Crippen LogP contribution in [0.1, 0.15) is 17.5 Å². The van der Waals surface area contributed by atoms with Gasteiger partial charge in [0.1, 0.15) is 0 Å². The number of nitrogens with zero attached hydrogens (tertiary/aromatic N) is 2. The fourth-order valence-corrected chi connectivity index (χ4v) is 3.38. The van der Waals surface area contributed by atoms with Crippen LogP contribution in [-0.4, -0.2) is 42.2 Å². The van der Waals surface area contributed by atoms with E-state index in [9.17, 15) is 0 Å². The molecule has 0 unspecified atom stereocenters. The van der Waals surface area contributed by atoms with E-state index in [4.69, 9.17) is 0 Å². The fourth-order valence-electron chi connectivity index (χ4n) is 3.38. The molecule has 3 rings (SSSR count). The Morgan fingerprint density at radius 1 is 1.20 bits per heavy atom. The quantitative estimate of drug-likeness (QED) is 0.921. The summed E-state index contributed by atoms with van der Waals surface area (Å²) >= 11 is 0. The molecule has 3 heteroatoms. The zero-order valence-corrected chi connectivity index (χ0v) is 12.7. The van der Waals surface area contributed by atoms with Gasteiger partial charge in [-0.15, -0.1) is 0 Å². The highest BCUT2D eigenvalue weighted by Crippen LogP contribution is 2.24. The highest BCUT2D eigenvalue weighted by atomic mass is 15.2. The molecule has 0 bridgehead atoms. The van der Waals surface area contributed by atoms with Crippen molar-refractivity contribution in [2.75, 3.05) is 32.7 Å². The Morgan fingerprint density at radius 2 is 2.00 bits per heavy atom. The first-order chi connectivity index (χ1) is 9.75. The first-order valence-electron chi connectivity index (χ1n) is 7.72. The van der Waals surface area contributed by atoms with Gasteiger partial charge in [-0.25, -0.2) is 0 Å². The molecule has 1 aromatic carbocycles. The second-order valence-corrected chi connectivity index (χ2v) is 5.93. The van der Waals surface area contributed by atoms with E-state index in [2.05, 4.69) is 53.2 Å². The maximum Gasteiger partial charge on any atom is 0.0510 e. The lowest BCUT2D eigenvalue weighted by Crippen LogP contribution is -2.43. The van der Waals surface area contributed by atoms with Gasteiger partial charge in [-0.05, 0) is 37.4 Å². The number of para-hydroxylation sites is 1. The van der Waals surface area contributed by atoms with Gasteiger partial charge in [-0.3, -0.25) is 0 Å². The number of nitrogens with one attached hydrogen (secondary N) is 1. The number of hydrogen-bond acceptors (Lipinski definition) is 2. The number of piperazine rings is 1. The molecule has 1 N–H and O–H groups in total. The molecule has 0 saturated carbocycles. The predicted octanol–water partition coefficient (Wildman–Crippen LogP) is 2.32. The van der Waals surface area contributed by atoms with Crippen LogP contribution in [0.5, 0.6) is 0 Å². The summed E-state index contributed by atoms with van der Waals surface area (Å²) in [5.74, 6) is 0. The molecular formula is C17H25N3. The fraction of sp³-hybridized carbons (Fsp3) is 0.529. The molecule has 0 spiro atoms. The molecule has 2 heterocycles. The molecular weight excluding hydrogens is 246 g/mol. The third-order valence-corrected chi connectivity index (χ3v) is 4.42. The number of rotatable bonds is 4. The van der Waals surface area contributed by atoms with E-state index in [1.807, 2.05) is 0 Å². The van der Waals surface area contributed by atoms with Crippen molar-refractivity contribution < 1.29 is 0 Å². The smallest absolute Gasteiger partial charge is 0.0510 e. The van der Waals surface area contributed by atoms with Crippen molar-refractivity contribution >= 4 is 10.9 Å². The maximum absolute atomic E-state index is 3.41. The van der Waals surface area contributed by atoms with Gasteiger partial charge in [0.2, 0.25) is 0 Å². The Bertz CT molecular complexity index is 579. The second kappa shape index (κ2) is 5.98. The lowest BCUT2D eigenvalue weighted by atomic mass is 10.1. The van der Waals surface area contributed by atoms with Gasteiger partial charge in [0.15, 0.2) is 0 Å². The summed E-state index contributed by atoms with van der Waals surface area (Å²) in [5.41, 5.74) is 4.27. The van der Waals surface area contributed by atoms with E-state index in [0.29, 0.717) is 0 Å². The summed E-state index contributed by atoms with van der Waals surface area (Å²) in [4.78, 5) is 2.58. The van der Waals surface area contributed by atoms with Crippen molar-refractivity contribution in [3.8, 4) is 0 Å². The number of aromatic nitrogens is 1.